The Kier molecular flexibility index (Phi) is 33.8. The number of ether oxygens (including phenoxy) is 3. The fourth-order valence-electron chi connectivity index (χ4n) is 7.67. The van der Waals surface area contributed by atoms with Crippen LogP contribution in [0.3, 0.4) is 0 Å². The van der Waals surface area contributed by atoms with Gasteiger partial charge in [-0.3, -0.25) is 19.2 Å². The van der Waals surface area contributed by atoms with E-state index in [2.05, 4.69) is 38.3 Å². The van der Waals surface area contributed by atoms with Crippen molar-refractivity contribution in [3.8, 4) is 0 Å². The van der Waals surface area contributed by atoms with E-state index in [1.165, 1.54) is 25.7 Å². The fourth-order valence-corrected chi connectivity index (χ4v) is 7.67. The molecule has 0 spiro atoms. The average molecular weight is 809 g/mol. The number of amides is 2. The molecule has 0 saturated heterocycles. The van der Waals surface area contributed by atoms with Gasteiger partial charge in [-0.15, -0.1) is 0 Å². The average Bonchev–Trinajstić information content (AvgIpc) is 3.20. The molecule has 0 unspecified atom stereocenters. The molecule has 0 atom stereocenters. The molecule has 9 nitrogen and oxygen atoms in total. The van der Waals surface area contributed by atoms with Crippen LogP contribution < -0.4 is 10.6 Å². The third-order valence-electron chi connectivity index (χ3n) is 11.0. The zero-order valence-corrected chi connectivity index (χ0v) is 39.0. The van der Waals surface area contributed by atoms with Crippen molar-refractivity contribution < 1.29 is 33.4 Å². The van der Waals surface area contributed by atoms with Crippen LogP contribution in [-0.2, 0) is 33.4 Å². The second-order valence-corrected chi connectivity index (χ2v) is 17.1. The van der Waals surface area contributed by atoms with Crippen molar-refractivity contribution in [1.82, 2.24) is 10.6 Å². The number of hydrogen-bond acceptors (Lipinski definition) is 7. The normalized spacial score (nSPS) is 24.4. The van der Waals surface area contributed by atoms with Crippen LogP contribution >= 0.6 is 0 Å². The second-order valence-electron chi connectivity index (χ2n) is 17.1. The lowest BCUT2D eigenvalue weighted by molar-refractivity contribution is -0.129. The Labute approximate surface area is 351 Å². The molecule has 57 heavy (non-hydrogen) atoms. The van der Waals surface area contributed by atoms with Crippen molar-refractivity contribution in [1.29, 1.82) is 0 Å². The number of rotatable bonds is 19. The first-order chi connectivity index (χ1) is 27.4. The Balaban J connectivity index is 0.000000970. The summed E-state index contributed by atoms with van der Waals surface area (Å²) in [4.78, 5) is 47.5. The molecule has 2 N–H and O–H groups in total. The zero-order valence-electron chi connectivity index (χ0n) is 39.0. The van der Waals surface area contributed by atoms with Crippen LogP contribution in [0, 0.1) is 23.7 Å². The van der Waals surface area contributed by atoms with Gasteiger partial charge in [-0.1, -0.05) is 102 Å². The topological polar surface area (TPSA) is 120 Å². The van der Waals surface area contributed by atoms with E-state index in [9.17, 15) is 19.2 Å². The highest BCUT2D eigenvalue weighted by molar-refractivity contribution is 5.83. The van der Waals surface area contributed by atoms with E-state index < -0.39 is 0 Å². The summed E-state index contributed by atoms with van der Waals surface area (Å²) in [5, 5.41) is 6.15. The molecule has 0 aromatic rings. The highest BCUT2D eigenvalue weighted by Crippen LogP contribution is 2.30. The minimum Gasteiger partial charge on any atom is -0.378 e. The fraction of sp³-hybridized carbons (Fsp3) is 0.917. The van der Waals surface area contributed by atoms with Crippen molar-refractivity contribution in [2.45, 2.75) is 241 Å². The number of unbranched alkanes of at least 4 members (excludes halogenated alkanes) is 1. The molecule has 4 aliphatic rings. The molecule has 4 fully saturated rings. The summed E-state index contributed by atoms with van der Waals surface area (Å²) >= 11 is 0. The van der Waals surface area contributed by atoms with E-state index in [0.29, 0.717) is 62.4 Å². The maximum absolute atomic E-state index is 12.2. The van der Waals surface area contributed by atoms with Crippen LogP contribution in [-0.4, -0.2) is 73.6 Å². The van der Waals surface area contributed by atoms with Crippen molar-refractivity contribution >= 4 is 23.4 Å². The first kappa shape index (κ1) is 55.2. The number of ketones is 2. The summed E-state index contributed by atoms with van der Waals surface area (Å²) in [6, 6.07) is 0.445. The number of nitrogens with one attached hydrogen (secondary N) is 2. The van der Waals surface area contributed by atoms with Gasteiger partial charge < -0.3 is 24.8 Å². The summed E-state index contributed by atoms with van der Waals surface area (Å²) in [6.45, 7) is 24.6. The maximum Gasteiger partial charge on any atom is 0.222 e. The van der Waals surface area contributed by atoms with Crippen LogP contribution in [0.4, 0.5) is 0 Å². The van der Waals surface area contributed by atoms with Gasteiger partial charge in [0.25, 0.3) is 0 Å². The van der Waals surface area contributed by atoms with E-state index in [0.717, 1.165) is 102 Å². The van der Waals surface area contributed by atoms with Crippen LogP contribution in [0.25, 0.3) is 0 Å². The Bertz CT molecular complexity index is 1000. The highest BCUT2D eigenvalue weighted by Gasteiger charge is 2.34. The maximum atomic E-state index is 12.2. The van der Waals surface area contributed by atoms with E-state index in [1.54, 1.807) is 0 Å². The zero-order chi connectivity index (χ0) is 43.0. The molecule has 4 aliphatic carbocycles. The summed E-state index contributed by atoms with van der Waals surface area (Å²) in [5.41, 5.74) is 0. The van der Waals surface area contributed by atoms with Crippen LogP contribution in [0.1, 0.15) is 211 Å². The van der Waals surface area contributed by atoms with Gasteiger partial charge in [0.2, 0.25) is 11.8 Å². The third kappa shape index (κ3) is 26.8. The van der Waals surface area contributed by atoms with Gasteiger partial charge in [0.1, 0.15) is 11.6 Å². The lowest BCUT2D eigenvalue weighted by Crippen LogP contribution is -2.46. The molecule has 4 rings (SSSR count). The quantitative estimate of drug-likeness (QED) is 0.125. The largest absolute Gasteiger partial charge is 0.378 e. The molecular weight excluding hydrogens is 717 g/mol. The number of Topliss-reactive ketones (excluding diaryl/α,β-unsaturated/α-hetero) is 2. The first-order valence-corrected chi connectivity index (χ1v) is 23.9. The molecule has 0 heterocycles. The van der Waals surface area contributed by atoms with Crippen molar-refractivity contribution in [2.75, 3.05) is 19.8 Å². The predicted molar refractivity (Wildman–Crippen MR) is 236 cm³/mol. The first-order valence-electron chi connectivity index (χ1n) is 23.9. The van der Waals surface area contributed by atoms with Gasteiger partial charge in [-0.05, 0) is 95.8 Å². The molecule has 0 bridgehead atoms. The molecule has 2 amide bonds. The van der Waals surface area contributed by atoms with Gasteiger partial charge in [0.05, 0.1) is 24.9 Å². The Morgan fingerprint density at radius 3 is 1.49 bits per heavy atom. The smallest absolute Gasteiger partial charge is 0.222 e. The van der Waals surface area contributed by atoms with Gasteiger partial charge in [0, 0.05) is 62.3 Å². The lowest BCUT2D eigenvalue weighted by Gasteiger charge is -2.34. The summed E-state index contributed by atoms with van der Waals surface area (Å²) in [7, 11) is 0. The number of carbonyl (C=O) groups is 4. The SMILES string of the molecule is CC.CC.CC(C)C.CCC(=O)C1CC(NC(=O)CCOC2CCCCC2)C1.CCCCOC1CCC(OCCCC(=O)NC2CCC(C(=O)C(C)C)CC2)CC1. The minimum absolute atomic E-state index is 0.0632. The molecule has 0 aromatic carbocycles. The van der Waals surface area contributed by atoms with Gasteiger partial charge in [-0.25, -0.2) is 0 Å². The predicted octanol–water partition coefficient (Wildman–Crippen LogP) is 11.1. The standard InChI is InChI=1S/C24H43NO4.C16H27NO3.C4H10.2C2H6/c1-4-5-16-28-21-12-14-22(15-13-21)29-17-6-7-23(26)25-20-10-8-19(9-11-20)24(27)18(2)3;1-2-15(18)12-10-13(11-12)17-16(19)8-9-20-14-6-4-3-5-7-14;1-4(2)3;2*1-2/h18-22H,4-17H2,1-3H3,(H,25,26);12-14H,2-11H2,1H3,(H,17,19);4H,1-3H3;2*1-2H3. The number of carbonyl (C=O) groups excluding carboxylic acids is 4. The monoisotopic (exact) mass is 809 g/mol. The van der Waals surface area contributed by atoms with Crippen molar-refractivity contribution in [3.05, 3.63) is 0 Å². The van der Waals surface area contributed by atoms with E-state index in [4.69, 9.17) is 14.2 Å². The summed E-state index contributed by atoms with van der Waals surface area (Å²) < 4.78 is 17.6. The van der Waals surface area contributed by atoms with Crippen LogP contribution in [0.2, 0.25) is 0 Å². The van der Waals surface area contributed by atoms with Gasteiger partial charge >= 0.3 is 0 Å². The van der Waals surface area contributed by atoms with Crippen molar-refractivity contribution in [3.63, 3.8) is 0 Å². The van der Waals surface area contributed by atoms with Gasteiger partial charge in [0.15, 0.2) is 0 Å². The van der Waals surface area contributed by atoms with Crippen molar-refractivity contribution in [2.24, 2.45) is 23.7 Å². The molecule has 0 radical (unpaired) electrons. The minimum atomic E-state index is 0.0632. The summed E-state index contributed by atoms with van der Waals surface area (Å²) in [5.74, 6) is 2.24. The molecule has 9 heteroatoms. The van der Waals surface area contributed by atoms with E-state index in [-0.39, 0.29) is 41.7 Å². The summed E-state index contributed by atoms with van der Waals surface area (Å²) in [6.07, 6.45) is 21.6. The molecule has 0 aliphatic heterocycles. The Morgan fingerprint density at radius 2 is 1.00 bits per heavy atom. The third-order valence-corrected chi connectivity index (χ3v) is 11.0. The molecule has 4 saturated carbocycles. The highest BCUT2D eigenvalue weighted by atomic mass is 16.5. The molecular formula is C48H92N2O7. The lowest BCUT2D eigenvalue weighted by atomic mass is 9.77. The van der Waals surface area contributed by atoms with Gasteiger partial charge in [-0.2, -0.15) is 0 Å². The Hall–Kier alpha value is -1.84. The molecule has 336 valence electrons. The molecule has 0 aromatic heterocycles. The van der Waals surface area contributed by atoms with Crippen LogP contribution in [0.15, 0.2) is 0 Å². The number of hydrogen-bond donors (Lipinski definition) is 2. The second kappa shape index (κ2) is 35.0. The Morgan fingerprint density at radius 1 is 0.544 bits per heavy atom. The van der Waals surface area contributed by atoms with E-state index in [1.807, 2.05) is 48.5 Å². The van der Waals surface area contributed by atoms with Crippen LogP contribution in [0.5, 0.6) is 0 Å². The van der Waals surface area contributed by atoms with E-state index >= 15 is 0 Å².